The van der Waals surface area contributed by atoms with Gasteiger partial charge in [0.05, 0.1) is 17.5 Å². The van der Waals surface area contributed by atoms with E-state index in [9.17, 15) is 22.5 Å². The summed E-state index contributed by atoms with van der Waals surface area (Å²) in [6.07, 6.45) is -1.12. The Bertz CT molecular complexity index is 844. The lowest BCUT2D eigenvalue weighted by Crippen LogP contribution is -2.46. The second-order valence-corrected chi connectivity index (χ2v) is 11.4. The third kappa shape index (κ3) is 4.54. The van der Waals surface area contributed by atoms with Gasteiger partial charge in [0.25, 0.3) is 11.4 Å². The van der Waals surface area contributed by atoms with E-state index in [1.54, 1.807) is 26.3 Å². The highest BCUT2D eigenvalue weighted by Crippen LogP contribution is 2.40. The molecule has 0 fully saturated rings. The first-order chi connectivity index (χ1) is 11.7. The highest BCUT2D eigenvalue weighted by Gasteiger charge is 2.43. The van der Waals surface area contributed by atoms with Crippen LogP contribution in [0.2, 0.25) is 0 Å². The molecule has 0 saturated heterocycles. The lowest BCUT2D eigenvalue weighted by Gasteiger charge is -2.20. The van der Waals surface area contributed by atoms with Gasteiger partial charge in [-0.25, -0.2) is 0 Å². The standard InChI is InChI=1S/C16H18F3IN3O2P/c1-15(2,23-9-11(20)8-21-23)14(24)22-12-6-5-10(16(17,18)19)7-13(12)26(3,4)25/h5-9,11H,1-4H3/p+1. The summed E-state index contributed by atoms with van der Waals surface area (Å²) in [7, 11) is -3.06. The molecule has 0 spiro atoms. The SMILES string of the molecule is CC(C)(C(=O)Nc1ccc(C(F)(F)F)cc1P(C)(C)=O)[N+]1=CC(I)C=N1. The van der Waals surface area contributed by atoms with Crippen LogP contribution in [-0.4, -0.2) is 45.8 Å². The van der Waals surface area contributed by atoms with Crippen LogP contribution >= 0.6 is 29.7 Å². The number of amides is 1. The molecule has 1 aliphatic heterocycles. The van der Waals surface area contributed by atoms with Gasteiger partial charge in [0.1, 0.15) is 11.1 Å². The van der Waals surface area contributed by atoms with Gasteiger partial charge in [0.2, 0.25) is 0 Å². The minimum absolute atomic E-state index is 0.0165. The molecule has 1 atom stereocenters. The fourth-order valence-corrected chi connectivity index (χ4v) is 3.93. The van der Waals surface area contributed by atoms with Gasteiger partial charge in [-0.2, -0.15) is 13.2 Å². The Labute approximate surface area is 163 Å². The number of rotatable bonds is 4. The zero-order chi connectivity index (χ0) is 19.9. The molecule has 5 nitrogen and oxygen atoms in total. The molecular formula is C16H19F3IN3O2P+. The molecule has 1 heterocycles. The maximum absolute atomic E-state index is 13.0. The molecule has 1 aliphatic rings. The Morgan fingerprint density at radius 3 is 2.38 bits per heavy atom. The van der Waals surface area contributed by atoms with E-state index in [1.807, 2.05) is 0 Å². The number of anilines is 1. The maximum atomic E-state index is 13.0. The summed E-state index contributed by atoms with van der Waals surface area (Å²) in [5.74, 6) is -0.467. The number of hydrazone groups is 1. The molecule has 0 radical (unpaired) electrons. The molecule has 10 heteroatoms. The van der Waals surface area contributed by atoms with Crippen LogP contribution in [0.1, 0.15) is 19.4 Å². The van der Waals surface area contributed by atoms with Gasteiger partial charge in [0.15, 0.2) is 6.21 Å². The van der Waals surface area contributed by atoms with E-state index in [2.05, 4.69) is 33.0 Å². The lowest BCUT2D eigenvalue weighted by atomic mass is 10.0. The molecule has 1 aromatic carbocycles. The van der Waals surface area contributed by atoms with E-state index >= 15 is 0 Å². The van der Waals surface area contributed by atoms with Crippen molar-refractivity contribution in [1.82, 2.24) is 0 Å². The quantitative estimate of drug-likeness (QED) is 0.298. The van der Waals surface area contributed by atoms with Gasteiger partial charge in [-0.1, -0.05) is 27.3 Å². The highest BCUT2D eigenvalue weighted by atomic mass is 127. The van der Waals surface area contributed by atoms with Crippen molar-refractivity contribution in [2.24, 2.45) is 5.10 Å². The Morgan fingerprint density at radius 1 is 1.31 bits per heavy atom. The Kier molecular flexibility index (Phi) is 5.73. The molecule has 2 rings (SSSR count). The molecular weight excluding hydrogens is 481 g/mol. The van der Waals surface area contributed by atoms with Crippen molar-refractivity contribution in [2.75, 3.05) is 18.6 Å². The van der Waals surface area contributed by atoms with Crippen LogP contribution in [0.15, 0.2) is 23.3 Å². The van der Waals surface area contributed by atoms with Crippen molar-refractivity contribution >= 4 is 59.1 Å². The maximum Gasteiger partial charge on any atom is 0.416 e. The van der Waals surface area contributed by atoms with E-state index in [0.717, 1.165) is 18.2 Å². The van der Waals surface area contributed by atoms with Gasteiger partial charge in [-0.15, -0.1) is 0 Å². The lowest BCUT2D eigenvalue weighted by molar-refractivity contribution is -0.583. The number of benzene rings is 1. The van der Waals surface area contributed by atoms with Crippen molar-refractivity contribution in [2.45, 2.75) is 29.5 Å². The van der Waals surface area contributed by atoms with E-state index in [0.29, 0.717) is 0 Å². The summed E-state index contributed by atoms with van der Waals surface area (Å²) in [4.78, 5) is 12.7. The molecule has 26 heavy (non-hydrogen) atoms. The smallest absolute Gasteiger partial charge is 0.319 e. The molecule has 0 aromatic heterocycles. The predicted octanol–water partition coefficient (Wildman–Crippen LogP) is 3.56. The second-order valence-electron chi connectivity index (χ2n) is 6.80. The summed E-state index contributed by atoms with van der Waals surface area (Å²) < 4.78 is 53.0. The van der Waals surface area contributed by atoms with Crippen LogP contribution in [-0.2, 0) is 15.5 Å². The fourth-order valence-electron chi connectivity index (χ4n) is 2.32. The van der Waals surface area contributed by atoms with E-state index in [1.165, 1.54) is 18.0 Å². The summed E-state index contributed by atoms with van der Waals surface area (Å²) in [5, 5.41) is 6.74. The van der Waals surface area contributed by atoms with Gasteiger partial charge < -0.3 is 9.88 Å². The largest absolute Gasteiger partial charge is 0.416 e. The van der Waals surface area contributed by atoms with Crippen LogP contribution in [0.5, 0.6) is 0 Å². The molecule has 0 aliphatic carbocycles. The van der Waals surface area contributed by atoms with Crippen molar-refractivity contribution in [1.29, 1.82) is 0 Å². The number of nitrogens with zero attached hydrogens (tertiary/aromatic N) is 2. The first-order valence-corrected chi connectivity index (χ1v) is 11.5. The normalized spacial score (nSPS) is 18.0. The number of nitrogens with one attached hydrogen (secondary N) is 1. The average molecular weight is 500 g/mol. The molecule has 1 amide bonds. The first kappa shape index (κ1) is 21.1. The summed E-state index contributed by atoms with van der Waals surface area (Å²) in [5.41, 5.74) is -1.86. The number of hydrogen-bond acceptors (Lipinski definition) is 3. The third-order valence-corrected chi connectivity index (χ3v) is 6.07. The third-order valence-electron chi connectivity index (χ3n) is 3.90. The Morgan fingerprint density at radius 2 is 1.92 bits per heavy atom. The number of hydrogen-bond donors (Lipinski definition) is 1. The number of carbonyl (C=O) groups is 1. The van der Waals surface area contributed by atoms with E-state index in [4.69, 9.17) is 0 Å². The Hall–Kier alpha value is -1.22. The molecule has 1 N–H and O–H groups in total. The number of halogens is 4. The zero-order valence-electron chi connectivity index (χ0n) is 14.6. The molecule has 0 bridgehead atoms. The van der Waals surface area contributed by atoms with Gasteiger partial charge in [0, 0.05) is 19.2 Å². The van der Waals surface area contributed by atoms with Crippen molar-refractivity contribution in [3.05, 3.63) is 23.8 Å². The van der Waals surface area contributed by atoms with Gasteiger partial charge >= 0.3 is 6.18 Å². The first-order valence-electron chi connectivity index (χ1n) is 7.63. The van der Waals surface area contributed by atoms with Crippen LogP contribution in [0.4, 0.5) is 18.9 Å². The minimum Gasteiger partial charge on any atom is -0.319 e. The predicted molar refractivity (Wildman–Crippen MR) is 106 cm³/mol. The number of alkyl halides is 4. The van der Waals surface area contributed by atoms with Gasteiger partial charge in [-0.3, -0.25) is 4.79 Å². The van der Waals surface area contributed by atoms with Crippen molar-refractivity contribution in [3.8, 4) is 0 Å². The minimum atomic E-state index is -4.56. The van der Waals surface area contributed by atoms with Crippen LogP contribution < -0.4 is 10.6 Å². The van der Waals surface area contributed by atoms with E-state index in [-0.39, 0.29) is 14.9 Å². The van der Waals surface area contributed by atoms with Gasteiger partial charge in [-0.05, 0) is 36.6 Å². The summed E-state index contributed by atoms with van der Waals surface area (Å²) in [6, 6.07) is 2.84. The van der Waals surface area contributed by atoms with E-state index < -0.39 is 30.3 Å². The number of carbonyl (C=O) groups excluding carboxylic acids is 1. The molecule has 142 valence electrons. The van der Waals surface area contributed by atoms with Crippen molar-refractivity contribution in [3.63, 3.8) is 0 Å². The highest BCUT2D eigenvalue weighted by molar-refractivity contribution is 14.1. The Balaban J connectivity index is 2.40. The average Bonchev–Trinajstić information content (AvgIpc) is 2.92. The molecule has 0 saturated carbocycles. The van der Waals surface area contributed by atoms with Crippen molar-refractivity contribution < 1.29 is 27.2 Å². The topological polar surface area (TPSA) is 61.5 Å². The monoisotopic (exact) mass is 500 g/mol. The molecule has 1 aromatic rings. The second kappa shape index (κ2) is 7.07. The van der Waals surface area contributed by atoms with Crippen LogP contribution in [0, 0.1) is 0 Å². The summed E-state index contributed by atoms with van der Waals surface area (Å²) in [6.45, 7) is 6.02. The molecule has 1 unspecified atom stereocenters. The van der Waals surface area contributed by atoms with Crippen LogP contribution in [0.3, 0.4) is 0 Å². The fraction of sp³-hybridized carbons (Fsp3) is 0.438. The van der Waals surface area contributed by atoms with Crippen LogP contribution in [0.25, 0.3) is 0 Å². The summed E-state index contributed by atoms with van der Waals surface area (Å²) >= 11 is 2.14. The zero-order valence-corrected chi connectivity index (χ0v) is 17.7.